The molecule has 116 heavy (non-hydrogen) atoms. The first kappa shape index (κ1) is 77.9. The summed E-state index contributed by atoms with van der Waals surface area (Å²) in [6, 6.07) is 75.3. The highest BCUT2D eigenvalue weighted by molar-refractivity contribution is 6.01. The van der Waals surface area contributed by atoms with Crippen LogP contribution in [-0.4, -0.2) is 206 Å². The van der Waals surface area contributed by atoms with Crippen molar-refractivity contribution in [2.45, 2.75) is 50.4 Å². The summed E-state index contributed by atoms with van der Waals surface area (Å²) in [5.74, 6) is 1.80. The molecule has 0 aliphatic carbocycles. The summed E-state index contributed by atoms with van der Waals surface area (Å²) >= 11 is 0. The number of carbonyl (C=O) groups is 1. The Hall–Kier alpha value is -12.0. The molecule has 0 spiro atoms. The Morgan fingerprint density at radius 2 is 0.767 bits per heavy atom. The number of anilines is 3. The fraction of sp³-hybridized carbons (Fsp3) is 0.319. The van der Waals surface area contributed by atoms with Crippen molar-refractivity contribution in [3.8, 4) is 103 Å². The number of nitrogens with one attached hydrogen (secondary N) is 3. The van der Waals surface area contributed by atoms with Crippen molar-refractivity contribution in [2.24, 2.45) is 0 Å². The number of likely N-dealkylation sites (N-methyl/N-ethyl adjacent to an activating group) is 1. The minimum atomic E-state index is -2.36. The highest BCUT2D eigenvalue weighted by atomic mass is 19.3. The van der Waals surface area contributed by atoms with Gasteiger partial charge in [-0.15, -0.1) is 0 Å². The molecule has 12 aromatic rings. The number of hydrogen-bond acceptors (Lipinski definition) is 16. The molecule has 0 unspecified atom stereocenters. The number of hydrogen-bond donors (Lipinski definition) is 3. The first-order chi connectivity index (χ1) is 56.8. The lowest BCUT2D eigenvalue weighted by Gasteiger charge is -2.28. The number of halogens is 2. The largest absolute Gasteiger partial charge is 0.489 e. The Morgan fingerprint density at radius 1 is 0.422 bits per heavy atom. The number of likely N-dealkylation sites (tertiary alicyclic amines) is 2. The van der Waals surface area contributed by atoms with Crippen LogP contribution in [0.15, 0.2) is 200 Å². The number of alkyl halides is 2. The second-order valence-electron chi connectivity index (χ2n) is 30.5. The van der Waals surface area contributed by atoms with Gasteiger partial charge in [0.25, 0.3) is 6.43 Å². The van der Waals surface area contributed by atoms with Crippen molar-refractivity contribution in [3.05, 3.63) is 217 Å². The summed E-state index contributed by atoms with van der Waals surface area (Å²) in [6.07, 6.45) is 0.543. The second-order valence-corrected chi connectivity index (χ2v) is 30.5. The molecule has 6 fully saturated rings. The van der Waals surface area contributed by atoms with Crippen LogP contribution in [0.3, 0.4) is 0 Å². The standard InChI is InChI=1S/C33H35N5O3.C31H30F2N4O2.C30H29N3O3/c1-36(2)22-33(39)38-13-12-27(21-38)41-32-11-8-24(18-25(32)20-34)28-4-3-5-30-29(28)19-31(35-30)23-6-9-26(10-7-23)37-14-16-40-17-15-37;32-31(33)20-36-11-10-25(19-36)39-30-9-6-22(16-23(30)18-34)26-2-1-3-28-27(26)17-29(35-28)21-4-7-24(8-5-21)37-12-14-38-15-13-37;31-20-23-18-22(6-9-30(23)36-25-10-14-34-15-11-25)26-2-1-3-28-27(26)19-29(32-28)21-4-7-24(8-5-21)33-12-16-35-17-13-33/h3-11,18-19,27,35H,12-17,21-22H2,1-2H3;1-9,16-17,25,31,35H,10-15,19-20H2;1-9,18-19,25,32H,10-17H2/t27-;25-;/m11./s1. The van der Waals surface area contributed by atoms with E-state index in [2.05, 4.69) is 181 Å². The predicted octanol–water partition coefficient (Wildman–Crippen LogP) is 16.4. The molecule has 20 nitrogen and oxygen atoms in total. The topological polar surface area (TPSA) is 220 Å². The van der Waals surface area contributed by atoms with Crippen LogP contribution >= 0.6 is 0 Å². The van der Waals surface area contributed by atoms with Gasteiger partial charge in [0.1, 0.15) is 53.8 Å². The summed E-state index contributed by atoms with van der Waals surface area (Å²) in [5.41, 5.74) is 20.8. The highest BCUT2D eigenvalue weighted by Crippen LogP contribution is 2.41. The molecule has 6 aliphatic heterocycles. The Kier molecular flexibility index (Phi) is 24.3. The van der Waals surface area contributed by atoms with E-state index < -0.39 is 6.43 Å². The molecule has 3 N–H and O–H groups in total. The van der Waals surface area contributed by atoms with Crippen molar-refractivity contribution in [2.75, 3.05) is 160 Å². The van der Waals surface area contributed by atoms with Gasteiger partial charge in [0.05, 0.1) is 89.2 Å². The first-order valence-electron chi connectivity index (χ1n) is 40.1. The maximum atomic E-state index is 12.7. The number of fused-ring (bicyclic) bond motifs is 3. The first-order valence-corrected chi connectivity index (χ1v) is 40.1. The zero-order valence-corrected chi connectivity index (χ0v) is 65.4. The van der Waals surface area contributed by atoms with E-state index in [0.717, 1.165) is 198 Å². The van der Waals surface area contributed by atoms with Crippen LogP contribution in [0.1, 0.15) is 42.4 Å². The SMILES string of the molecule is CN(C)CC(=O)N1CC[C@@H](Oc2ccc(-c3cccc4[nH]c(-c5ccc(N6CCOCC6)cc5)cc34)cc2C#N)C1.N#Cc1cc(-c2cccc3[nH]c(-c4ccc(N5CCOCC5)cc4)cc23)ccc1OC1CCOCC1.N#Cc1cc(-c2cccc3[nH]c(-c4ccc(N5CCOCC5)cc4)cc23)ccc1O[C@@H]1CCN(CC(F)F)C1. The number of aromatic nitrogens is 3. The van der Waals surface area contributed by atoms with E-state index in [4.69, 9.17) is 33.2 Å². The number of nitriles is 3. The fourth-order valence-corrected chi connectivity index (χ4v) is 16.4. The van der Waals surface area contributed by atoms with E-state index in [1.807, 2.05) is 90.6 Å². The lowest BCUT2D eigenvalue weighted by atomic mass is 9.99. The zero-order chi connectivity index (χ0) is 79.4. The predicted molar refractivity (Wildman–Crippen MR) is 451 cm³/mol. The molecule has 22 heteroatoms. The number of morpholine rings is 3. The van der Waals surface area contributed by atoms with Gasteiger partial charge in [-0.05, 0) is 180 Å². The molecule has 0 saturated carbocycles. The van der Waals surface area contributed by atoms with Crippen molar-refractivity contribution < 1.29 is 46.7 Å². The zero-order valence-electron chi connectivity index (χ0n) is 65.4. The summed E-state index contributed by atoms with van der Waals surface area (Å²) in [4.78, 5) is 35.6. The van der Waals surface area contributed by atoms with E-state index in [0.29, 0.717) is 86.3 Å². The maximum absolute atomic E-state index is 12.7. The van der Waals surface area contributed by atoms with Gasteiger partial charge in [-0.25, -0.2) is 8.78 Å². The second kappa shape index (κ2) is 36.2. The Bertz CT molecular complexity index is 5550. The number of amides is 1. The van der Waals surface area contributed by atoms with E-state index in [-0.39, 0.29) is 30.8 Å². The molecule has 18 rings (SSSR count). The third-order valence-corrected chi connectivity index (χ3v) is 22.5. The van der Waals surface area contributed by atoms with Gasteiger partial charge in [0, 0.05) is 145 Å². The number of nitrogens with zero attached hydrogens (tertiary/aromatic N) is 9. The number of ether oxygens (including phenoxy) is 7. The van der Waals surface area contributed by atoms with Crippen molar-refractivity contribution >= 4 is 55.7 Å². The Balaban J connectivity index is 0.000000131. The van der Waals surface area contributed by atoms with Crippen LogP contribution in [0.2, 0.25) is 0 Å². The van der Waals surface area contributed by atoms with Crippen molar-refractivity contribution in [1.82, 2.24) is 29.7 Å². The summed E-state index contributed by atoms with van der Waals surface area (Å²) in [7, 11) is 3.78. The Labute approximate surface area is 674 Å². The highest BCUT2D eigenvalue weighted by Gasteiger charge is 2.30. The van der Waals surface area contributed by atoms with Crippen molar-refractivity contribution in [1.29, 1.82) is 15.8 Å². The molecule has 9 heterocycles. The summed E-state index contributed by atoms with van der Waals surface area (Å²) in [6.45, 7) is 13.9. The van der Waals surface area contributed by atoms with Gasteiger partial charge in [-0.1, -0.05) is 91.0 Å². The van der Waals surface area contributed by atoms with E-state index >= 15 is 0 Å². The number of aromatic amines is 3. The van der Waals surface area contributed by atoms with Crippen LogP contribution < -0.4 is 28.9 Å². The lowest BCUT2D eigenvalue weighted by molar-refractivity contribution is -0.131. The van der Waals surface area contributed by atoms with Gasteiger partial charge in [-0.3, -0.25) is 9.69 Å². The van der Waals surface area contributed by atoms with Gasteiger partial charge >= 0.3 is 0 Å². The van der Waals surface area contributed by atoms with Crippen LogP contribution in [0, 0.1) is 34.0 Å². The molecular weight excluding hydrogens is 1460 g/mol. The number of H-pyrrole nitrogens is 3. The van der Waals surface area contributed by atoms with E-state index in [1.165, 1.54) is 17.1 Å². The average Bonchev–Trinajstić information content (AvgIpc) is 1.63. The molecule has 2 atom stereocenters. The van der Waals surface area contributed by atoms with Crippen LogP contribution in [0.5, 0.6) is 17.2 Å². The molecule has 3 aromatic heterocycles. The minimum Gasteiger partial charge on any atom is -0.489 e. The molecule has 6 aliphatic rings. The third-order valence-electron chi connectivity index (χ3n) is 22.5. The summed E-state index contributed by atoms with van der Waals surface area (Å²) < 4.78 is 65.8. The summed E-state index contributed by atoms with van der Waals surface area (Å²) in [5, 5.41) is 33.0. The molecule has 9 aromatic carbocycles. The minimum absolute atomic E-state index is 0.0991. The normalized spacial score (nSPS) is 17.4. The molecular formula is C94H94F2N12O8. The average molecular weight is 1560 g/mol. The number of carbonyl (C=O) groups excluding carboxylic acids is 1. The van der Waals surface area contributed by atoms with Gasteiger partial charge in [0.15, 0.2) is 0 Å². The maximum Gasteiger partial charge on any atom is 0.251 e. The third kappa shape index (κ3) is 18.2. The molecule has 0 radical (unpaired) electrons. The smallest absolute Gasteiger partial charge is 0.251 e. The molecule has 0 bridgehead atoms. The van der Waals surface area contributed by atoms with Crippen LogP contribution in [-0.2, 0) is 23.7 Å². The number of rotatable bonds is 19. The van der Waals surface area contributed by atoms with E-state index in [1.54, 1.807) is 4.90 Å². The lowest BCUT2D eigenvalue weighted by Crippen LogP contribution is -2.37. The van der Waals surface area contributed by atoms with E-state index in [9.17, 15) is 29.4 Å². The van der Waals surface area contributed by atoms with Gasteiger partial charge in [-0.2, -0.15) is 15.8 Å². The molecule has 592 valence electrons. The monoisotopic (exact) mass is 1560 g/mol. The van der Waals surface area contributed by atoms with Crippen LogP contribution in [0.25, 0.3) is 99.9 Å². The quantitative estimate of drug-likeness (QED) is 0.0685. The fourth-order valence-electron chi connectivity index (χ4n) is 16.4. The van der Waals surface area contributed by atoms with Gasteiger partial charge < -0.3 is 72.6 Å². The van der Waals surface area contributed by atoms with Gasteiger partial charge in [0.2, 0.25) is 5.91 Å². The molecule has 6 saturated heterocycles. The van der Waals surface area contributed by atoms with Crippen LogP contribution in [0.4, 0.5) is 25.8 Å². The Morgan fingerprint density at radius 3 is 1.13 bits per heavy atom. The number of benzene rings is 9. The molecule has 1 amide bonds. The van der Waals surface area contributed by atoms with Crippen molar-refractivity contribution in [3.63, 3.8) is 0 Å².